The van der Waals surface area contributed by atoms with Gasteiger partial charge in [-0.3, -0.25) is 0 Å². The van der Waals surface area contributed by atoms with E-state index in [1.165, 1.54) is 12.4 Å². The van der Waals surface area contributed by atoms with Crippen LogP contribution < -0.4 is 15.8 Å². The van der Waals surface area contributed by atoms with Gasteiger partial charge in [-0.2, -0.15) is 4.98 Å². The summed E-state index contributed by atoms with van der Waals surface area (Å²) in [4.78, 5) is 8.08. The van der Waals surface area contributed by atoms with Crippen molar-refractivity contribution in [1.82, 2.24) is 9.97 Å². The molecule has 112 valence electrons. The zero-order valence-corrected chi connectivity index (χ0v) is 12.4. The van der Waals surface area contributed by atoms with Crippen LogP contribution in [0.2, 0.25) is 0 Å². The van der Waals surface area contributed by atoms with Gasteiger partial charge in [0, 0.05) is 0 Å². The zero-order chi connectivity index (χ0) is 15.4. The molecule has 0 aliphatic carbocycles. The zero-order valence-electron chi connectivity index (χ0n) is 12.4. The first-order valence-electron chi connectivity index (χ1n) is 6.78. The minimum absolute atomic E-state index is 0.147. The van der Waals surface area contributed by atoms with Crippen LogP contribution in [0.25, 0.3) is 0 Å². The van der Waals surface area contributed by atoms with E-state index in [0.717, 1.165) is 5.56 Å². The molecule has 6 heteroatoms. The second kappa shape index (κ2) is 6.39. The third-order valence-electron chi connectivity index (χ3n) is 3.18. The van der Waals surface area contributed by atoms with Gasteiger partial charge in [0.2, 0.25) is 5.88 Å². The quantitative estimate of drug-likeness (QED) is 0.885. The summed E-state index contributed by atoms with van der Waals surface area (Å²) in [5.74, 6) is 0.589. The van der Waals surface area contributed by atoms with E-state index < -0.39 is 0 Å². The number of hydrogen-bond acceptors (Lipinski definition) is 5. The van der Waals surface area contributed by atoms with Crippen molar-refractivity contribution in [3.05, 3.63) is 41.5 Å². The van der Waals surface area contributed by atoms with Gasteiger partial charge in [0.05, 0.1) is 12.6 Å². The number of anilines is 2. The lowest BCUT2D eigenvalue weighted by Gasteiger charge is -2.17. The first-order valence-corrected chi connectivity index (χ1v) is 6.78. The predicted octanol–water partition coefficient (Wildman–Crippen LogP) is 3.08. The summed E-state index contributed by atoms with van der Waals surface area (Å²) in [5, 5.41) is 3.15. The van der Waals surface area contributed by atoms with E-state index >= 15 is 0 Å². The summed E-state index contributed by atoms with van der Waals surface area (Å²) < 4.78 is 18.9. The molecule has 3 N–H and O–H groups in total. The van der Waals surface area contributed by atoms with Gasteiger partial charge >= 0.3 is 0 Å². The van der Waals surface area contributed by atoms with E-state index in [4.69, 9.17) is 10.5 Å². The molecule has 0 saturated heterocycles. The van der Waals surface area contributed by atoms with Crippen LogP contribution in [0.5, 0.6) is 5.88 Å². The van der Waals surface area contributed by atoms with Crippen molar-refractivity contribution in [2.45, 2.75) is 26.8 Å². The van der Waals surface area contributed by atoms with Crippen LogP contribution in [0.15, 0.2) is 24.5 Å². The lowest BCUT2D eigenvalue weighted by molar-refractivity contribution is 0.328. The number of nitrogen functional groups attached to an aromatic ring is 1. The van der Waals surface area contributed by atoms with Crippen molar-refractivity contribution in [2.75, 3.05) is 17.7 Å². The van der Waals surface area contributed by atoms with Crippen LogP contribution in [0.3, 0.4) is 0 Å². The number of ether oxygens (including phenoxy) is 1. The van der Waals surface area contributed by atoms with E-state index in [9.17, 15) is 4.39 Å². The first-order chi connectivity index (χ1) is 10.0. The molecule has 2 aromatic rings. The SMILES string of the molecule is CCOc1ncnc(NC(C)c2ccc(C)c(F)c2)c1N. The van der Waals surface area contributed by atoms with Gasteiger partial charge in [-0.05, 0) is 38.0 Å². The summed E-state index contributed by atoms with van der Waals surface area (Å²) >= 11 is 0. The van der Waals surface area contributed by atoms with Crippen LogP contribution in [0.4, 0.5) is 15.9 Å². The van der Waals surface area contributed by atoms with E-state index in [0.29, 0.717) is 29.6 Å². The summed E-state index contributed by atoms with van der Waals surface area (Å²) in [6.07, 6.45) is 1.38. The van der Waals surface area contributed by atoms with Crippen molar-refractivity contribution in [1.29, 1.82) is 0 Å². The highest BCUT2D eigenvalue weighted by Crippen LogP contribution is 2.28. The molecule has 0 saturated carbocycles. The van der Waals surface area contributed by atoms with Gasteiger partial charge in [0.25, 0.3) is 0 Å². The summed E-state index contributed by atoms with van der Waals surface area (Å²) in [6, 6.07) is 4.98. The molecule has 0 radical (unpaired) electrons. The molecule has 1 aromatic carbocycles. The maximum atomic E-state index is 13.6. The lowest BCUT2D eigenvalue weighted by atomic mass is 10.1. The Labute approximate surface area is 123 Å². The van der Waals surface area contributed by atoms with Crippen LogP contribution in [-0.2, 0) is 0 Å². The standard InChI is InChI=1S/C15H19FN4O/c1-4-21-15-13(17)14(18-8-19-15)20-10(3)11-6-5-9(2)12(16)7-11/h5-8,10H,4,17H2,1-3H3,(H,18,19,20). The van der Waals surface area contributed by atoms with Crippen molar-refractivity contribution in [3.63, 3.8) is 0 Å². The number of hydrogen-bond donors (Lipinski definition) is 2. The average molecular weight is 290 g/mol. The molecule has 1 atom stereocenters. The van der Waals surface area contributed by atoms with Gasteiger partial charge in [-0.25, -0.2) is 9.37 Å². The summed E-state index contributed by atoms with van der Waals surface area (Å²) in [5.41, 5.74) is 7.74. The molecule has 21 heavy (non-hydrogen) atoms. The van der Waals surface area contributed by atoms with Gasteiger partial charge in [-0.1, -0.05) is 12.1 Å². The maximum Gasteiger partial charge on any atom is 0.242 e. The fourth-order valence-corrected chi connectivity index (χ4v) is 1.91. The third-order valence-corrected chi connectivity index (χ3v) is 3.18. The number of aromatic nitrogens is 2. The van der Waals surface area contributed by atoms with Crippen LogP contribution in [0, 0.1) is 12.7 Å². The van der Waals surface area contributed by atoms with Crippen LogP contribution in [-0.4, -0.2) is 16.6 Å². The van der Waals surface area contributed by atoms with Crippen molar-refractivity contribution >= 4 is 11.5 Å². The van der Waals surface area contributed by atoms with Crippen molar-refractivity contribution < 1.29 is 9.13 Å². The largest absolute Gasteiger partial charge is 0.476 e. The van der Waals surface area contributed by atoms with Crippen LogP contribution in [0.1, 0.15) is 31.0 Å². The van der Waals surface area contributed by atoms with Gasteiger partial charge in [-0.15, -0.1) is 0 Å². The number of nitrogens with two attached hydrogens (primary N) is 1. The topological polar surface area (TPSA) is 73.1 Å². The normalized spacial score (nSPS) is 12.0. The minimum atomic E-state index is -0.230. The van der Waals surface area contributed by atoms with Gasteiger partial charge in [0.1, 0.15) is 17.8 Å². The molecule has 1 unspecified atom stereocenters. The second-order valence-corrected chi connectivity index (χ2v) is 4.75. The number of nitrogens with one attached hydrogen (secondary N) is 1. The van der Waals surface area contributed by atoms with Gasteiger partial charge in [0.15, 0.2) is 5.82 Å². The Morgan fingerprint density at radius 2 is 2.14 bits per heavy atom. The number of benzene rings is 1. The highest BCUT2D eigenvalue weighted by atomic mass is 19.1. The Morgan fingerprint density at radius 3 is 2.81 bits per heavy atom. The van der Waals surface area contributed by atoms with E-state index in [-0.39, 0.29) is 11.9 Å². The smallest absolute Gasteiger partial charge is 0.242 e. The molecule has 2 rings (SSSR count). The Kier molecular flexibility index (Phi) is 4.57. The molecule has 0 amide bonds. The highest BCUT2D eigenvalue weighted by Gasteiger charge is 2.13. The Hall–Kier alpha value is -2.37. The van der Waals surface area contributed by atoms with Crippen molar-refractivity contribution in [2.24, 2.45) is 0 Å². The monoisotopic (exact) mass is 290 g/mol. The Balaban J connectivity index is 2.21. The first kappa shape index (κ1) is 15.0. The van der Waals surface area contributed by atoms with E-state index in [1.807, 2.05) is 19.9 Å². The third kappa shape index (κ3) is 3.39. The molecule has 0 fully saturated rings. The molecular formula is C15H19FN4O. The van der Waals surface area contributed by atoms with Gasteiger partial charge < -0.3 is 15.8 Å². The predicted molar refractivity (Wildman–Crippen MR) is 80.8 cm³/mol. The van der Waals surface area contributed by atoms with Crippen molar-refractivity contribution in [3.8, 4) is 5.88 Å². The molecule has 0 spiro atoms. The lowest BCUT2D eigenvalue weighted by Crippen LogP contribution is -2.12. The maximum absolute atomic E-state index is 13.6. The molecular weight excluding hydrogens is 271 g/mol. The fourth-order valence-electron chi connectivity index (χ4n) is 1.91. The van der Waals surface area contributed by atoms with Crippen LogP contribution >= 0.6 is 0 Å². The number of rotatable bonds is 5. The highest BCUT2D eigenvalue weighted by molar-refractivity contribution is 5.66. The fraction of sp³-hybridized carbons (Fsp3) is 0.333. The van der Waals surface area contributed by atoms with E-state index in [2.05, 4.69) is 15.3 Å². The number of nitrogens with zero attached hydrogens (tertiary/aromatic N) is 2. The molecule has 1 aromatic heterocycles. The van der Waals surface area contributed by atoms with E-state index in [1.54, 1.807) is 13.0 Å². The molecule has 0 aliphatic heterocycles. The molecule has 0 bridgehead atoms. The number of aryl methyl sites for hydroxylation is 1. The molecule has 5 nitrogen and oxygen atoms in total. The summed E-state index contributed by atoms with van der Waals surface area (Å²) in [7, 11) is 0. The Bertz CT molecular complexity index is 633. The second-order valence-electron chi connectivity index (χ2n) is 4.75. The average Bonchev–Trinajstić information content (AvgIpc) is 2.46. The molecule has 1 heterocycles. The number of halogens is 1. The minimum Gasteiger partial charge on any atom is -0.476 e. The molecule has 0 aliphatic rings. The summed E-state index contributed by atoms with van der Waals surface area (Å²) in [6.45, 7) is 5.96. The Morgan fingerprint density at radius 1 is 1.38 bits per heavy atom.